The number of benzene rings is 1. The topological polar surface area (TPSA) is 41.1 Å². The van der Waals surface area contributed by atoms with Crippen LogP contribution in [-0.2, 0) is 0 Å². The van der Waals surface area contributed by atoms with E-state index in [9.17, 15) is 4.79 Å². The van der Waals surface area contributed by atoms with Crippen molar-refractivity contribution in [1.29, 1.82) is 0 Å². The standard InChI is InChI=1S/C13H16Cl2N2OS.ClH/c1-19-12-5-9(10(14)6-11(12)15)13(18)17-8-3-2-4-16-7-8;/h5-6,8,16H,2-4,7H2,1H3,(H,17,18);1H. The lowest BCUT2D eigenvalue weighted by Gasteiger charge is -2.24. The molecule has 0 aliphatic carbocycles. The van der Waals surface area contributed by atoms with Crippen LogP contribution in [0.2, 0.25) is 10.0 Å². The second-order valence-electron chi connectivity index (χ2n) is 4.48. The predicted molar refractivity (Wildman–Crippen MR) is 88.8 cm³/mol. The van der Waals surface area contributed by atoms with E-state index in [4.69, 9.17) is 23.2 Å². The summed E-state index contributed by atoms with van der Waals surface area (Å²) < 4.78 is 0. The highest BCUT2D eigenvalue weighted by atomic mass is 35.5. The molecule has 1 aliphatic rings. The third-order valence-corrected chi connectivity index (χ3v) is 4.63. The molecule has 0 radical (unpaired) electrons. The van der Waals surface area contributed by atoms with E-state index in [-0.39, 0.29) is 24.4 Å². The molecule has 1 heterocycles. The molecule has 1 saturated heterocycles. The van der Waals surface area contributed by atoms with Gasteiger partial charge >= 0.3 is 0 Å². The fourth-order valence-corrected chi connectivity index (χ4v) is 3.29. The molecule has 0 aromatic heterocycles. The van der Waals surface area contributed by atoms with Gasteiger partial charge in [-0.3, -0.25) is 4.79 Å². The van der Waals surface area contributed by atoms with E-state index >= 15 is 0 Å². The Labute approximate surface area is 139 Å². The molecule has 2 rings (SSSR count). The highest BCUT2D eigenvalue weighted by Crippen LogP contribution is 2.31. The van der Waals surface area contributed by atoms with Crippen molar-refractivity contribution in [3.63, 3.8) is 0 Å². The number of hydrogen-bond donors (Lipinski definition) is 2. The molecule has 1 aromatic rings. The van der Waals surface area contributed by atoms with Crippen molar-refractivity contribution < 1.29 is 4.79 Å². The Morgan fingerprint density at radius 2 is 2.15 bits per heavy atom. The number of nitrogens with one attached hydrogen (secondary N) is 2. The SMILES string of the molecule is CSc1cc(C(=O)NC2CCCNC2)c(Cl)cc1Cl.Cl. The zero-order valence-electron chi connectivity index (χ0n) is 11.0. The molecule has 20 heavy (non-hydrogen) atoms. The van der Waals surface area contributed by atoms with Crippen molar-refractivity contribution in [1.82, 2.24) is 10.6 Å². The third kappa shape index (κ3) is 4.43. The number of halogens is 3. The number of amides is 1. The first-order chi connectivity index (χ1) is 9.11. The average molecular weight is 356 g/mol. The first kappa shape index (κ1) is 17.9. The Hall–Kier alpha value is -0.130. The van der Waals surface area contributed by atoms with Gasteiger partial charge in [0.15, 0.2) is 0 Å². The summed E-state index contributed by atoms with van der Waals surface area (Å²) in [5.41, 5.74) is 0.487. The van der Waals surface area contributed by atoms with Gasteiger partial charge < -0.3 is 10.6 Å². The van der Waals surface area contributed by atoms with Crippen LogP contribution in [0.1, 0.15) is 23.2 Å². The zero-order chi connectivity index (χ0) is 13.8. The van der Waals surface area contributed by atoms with E-state index in [0.29, 0.717) is 15.6 Å². The molecule has 7 heteroatoms. The Kier molecular flexibility index (Phi) is 7.48. The van der Waals surface area contributed by atoms with Crippen LogP contribution in [0.3, 0.4) is 0 Å². The second kappa shape index (κ2) is 8.35. The van der Waals surface area contributed by atoms with E-state index in [1.165, 1.54) is 11.8 Å². The molecular formula is C13H17Cl3N2OS. The van der Waals surface area contributed by atoms with Gasteiger partial charge in [0, 0.05) is 17.5 Å². The van der Waals surface area contributed by atoms with Crippen molar-refractivity contribution in [2.75, 3.05) is 19.3 Å². The number of thioether (sulfide) groups is 1. The predicted octanol–water partition coefficient (Wildman–Crippen LogP) is 3.62. The maximum atomic E-state index is 12.2. The van der Waals surface area contributed by atoms with Gasteiger partial charge in [-0.15, -0.1) is 24.2 Å². The van der Waals surface area contributed by atoms with Gasteiger partial charge in [-0.1, -0.05) is 23.2 Å². The Balaban J connectivity index is 0.00000200. The fourth-order valence-electron chi connectivity index (χ4n) is 2.10. The van der Waals surface area contributed by atoms with Crippen LogP contribution < -0.4 is 10.6 Å². The van der Waals surface area contributed by atoms with E-state index in [1.54, 1.807) is 12.1 Å². The van der Waals surface area contributed by atoms with Crippen LogP contribution in [-0.4, -0.2) is 31.3 Å². The van der Waals surface area contributed by atoms with Crippen LogP contribution in [0, 0.1) is 0 Å². The van der Waals surface area contributed by atoms with Gasteiger partial charge in [0.25, 0.3) is 5.91 Å². The van der Waals surface area contributed by atoms with Crippen LogP contribution in [0.4, 0.5) is 0 Å². The van der Waals surface area contributed by atoms with Crippen molar-refractivity contribution in [3.05, 3.63) is 27.7 Å². The monoisotopic (exact) mass is 354 g/mol. The lowest BCUT2D eigenvalue weighted by molar-refractivity contribution is 0.0930. The van der Waals surface area contributed by atoms with Crippen molar-refractivity contribution in [3.8, 4) is 0 Å². The summed E-state index contributed by atoms with van der Waals surface area (Å²) in [5.74, 6) is -0.134. The molecule has 0 spiro atoms. The summed E-state index contributed by atoms with van der Waals surface area (Å²) in [5, 5.41) is 7.24. The third-order valence-electron chi connectivity index (χ3n) is 3.12. The van der Waals surface area contributed by atoms with Gasteiger partial charge in [0.05, 0.1) is 15.6 Å². The second-order valence-corrected chi connectivity index (χ2v) is 6.15. The van der Waals surface area contributed by atoms with Gasteiger partial charge in [0.2, 0.25) is 0 Å². The summed E-state index contributed by atoms with van der Waals surface area (Å²) in [6.45, 7) is 1.83. The first-order valence-corrected chi connectivity index (χ1v) is 8.14. The quantitative estimate of drug-likeness (QED) is 0.814. The summed E-state index contributed by atoms with van der Waals surface area (Å²) in [4.78, 5) is 13.1. The lowest BCUT2D eigenvalue weighted by Crippen LogP contribution is -2.45. The Morgan fingerprint density at radius 3 is 2.75 bits per heavy atom. The van der Waals surface area contributed by atoms with Crippen molar-refractivity contribution in [2.24, 2.45) is 0 Å². The zero-order valence-corrected chi connectivity index (χ0v) is 14.2. The van der Waals surface area contributed by atoms with Crippen molar-refractivity contribution >= 4 is 53.3 Å². The molecule has 0 bridgehead atoms. The number of carbonyl (C=O) groups excluding carboxylic acids is 1. The highest BCUT2D eigenvalue weighted by Gasteiger charge is 2.19. The number of piperidine rings is 1. The minimum Gasteiger partial charge on any atom is -0.348 e. The molecule has 1 aliphatic heterocycles. The van der Waals surface area contributed by atoms with Gasteiger partial charge in [0.1, 0.15) is 0 Å². The highest BCUT2D eigenvalue weighted by molar-refractivity contribution is 7.98. The number of carbonyl (C=O) groups is 1. The van der Waals surface area contributed by atoms with E-state index < -0.39 is 0 Å². The fraction of sp³-hybridized carbons (Fsp3) is 0.462. The van der Waals surface area contributed by atoms with Crippen LogP contribution in [0.5, 0.6) is 0 Å². The smallest absolute Gasteiger partial charge is 0.253 e. The summed E-state index contributed by atoms with van der Waals surface area (Å²) >= 11 is 13.7. The van der Waals surface area contributed by atoms with Crippen LogP contribution in [0.25, 0.3) is 0 Å². The molecule has 1 amide bonds. The molecule has 3 nitrogen and oxygen atoms in total. The molecule has 1 unspecified atom stereocenters. The van der Waals surface area contributed by atoms with E-state index in [0.717, 1.165) is 30.8 Å². The largest absolute Gasteiger partial charge is 0.348 e. The number of rotatable bonds is 3. The summed E-state index contributed by atoms with van der Waals surface area (Å²) in [6, 6.07) is 3.55. The lowest BCUT2D eigenvalue weighted by atomic mass is 10.1. The van der Waals surface area contributed by atoms with Gasteiger partial charge in [-0.05, 0) is 37.8 Å². The maximum absolute atomic E-state index is 12.2. The Bertz CT molecular complexity index is 479. The van der Waals surface area contributed by atoms with E-state index in [2.05, 4.69) is 10.6 Å². The molecule has 2 N–H and O–H groups in total. The minimum atomic E-state index is -0.134. The van der Waals surface area contributed by atoms with Gasteiger partial charge in [-0.2, -0.15) is 0 Å². The van der Waals surface area contributed by atoms with E-state index in [1.807, 2.05) is 6.26 Å². The molecule has 0 saturated carbocycles. The molecular weight excluding hydrogens is 339 g/mol. The average Bonchev–Trinajstić information content (AvgIpc) is 2.40. The summed E-state index contributed by atoms with van der Waals surface area (Å²) in [6.07, 6.45) is 4.00. The molecule has 112 valence electrons. The van der Waals surface area contributed by atoms with Crippen LogP contribution in [0.15, 0.2) is 17.0 Å². The minimum absolute atomic E-state index is 0. The Morgan fingerprint density at radius 1 is 1.40 bits per heavy atom. The molecule has 1 atom stereocenters. The normalized spacial score (nSPS) is 18.2. The first-order valence-electron chi connectivity index (χ1n) is 6.16. The maximum Gasteiger partial charge on any atom is 0.253 e. The van der Waals surface area contributed by atoms with Crippen molar-refractivity contribution in [2.45, 2.75) is 23.8 Å². The molecule has 1 fully saturated rings. The molecule has 1 aromatic carbocycles. The van der Waals surface area contributed by atoms with Crippen LogP contribution >= 0.6 is 47.4 Å². The van der Waals surface area contributed by atoms with Gasteiger partial charge in [-0.25, -0.2) is 0 Å². The number of hydrogen-bond acceptors (Lipinski definition) is 3. The summed E-state index contributed by atoms with van der Waals surface area (Å²) in [7, 11) is 0.